The van der Waals surface area contributed by atoms with Crippen LogP contribution in [0.15, 0.2) is 18.2 Å². The van der Waals surface area contributed by atoms with E-state index in [-0.39, 0.29) is 17.7 Å². The van der Waals surface area contributed by atoms with Crippen molar-refractivity contribution in [3.05, 3.63) is 23.2 Å². The van der Waals surface area contributed by atoms with Crippen molar-refractivity contribution in [3.8, 4) is 0 Å². The van der Waals surface area contributed by atoms with Gasteiger partial charge in [0.25, 0.3) is 0 Å². The van der Waals surface area contributed by atoms with Gasteiger partial charge in [0.15, 0.2) is 0 Å². The minimum absolute atomic E-state index is 0.0149. The average Bonchev–Trinajstić information content (AvgIpc) is 3.10. The summed E-state index contributed by atoms with van der Waals surface area (Å²) in [5, 5.41) is 6.55. The third-order valence-corrected chi connectivity index (χ3v) is 4.31. The highest BCUT2D eigenvalue weighted by Gasteiger charge is 2.25. The minimum atomic E-state index is 0.0149. The second kappa shape index (κ2) is 6.03. The summed E-state index contributed by atoms with van der Waals surface area (Å²) in [7, 11) is 0. The highest BCUT2D eigenvalue weighted by molar-refractivity contribution is 6.34. The predicted molar refractivity (Wildman–Crippen MR) is 82.6 cm³/mol. The molecule has 2 aliphatic rings. The highest BCUT2D eigenvalue weighted by Crippen LogP contribution is 2.31. The number of amides is 2. The Morgan fingerprint density at radius 1 is 1.43 bits per heavy atom. The highest BCUT2D eigenvalue weighted by atomic mass is 35.5. The Morgan fingerprint density at radius 3 is 2.90 bits per heavy atom. The van der Waals surface area contributed by atoms with Gasteiger partial charge in [-0.2, -0.15) is 0 Å². The SMILES string of the molecule is O=C(Nc1ccc(N2CCCC2=O)c(Cl)c1)C1CCNC1. The van der Waals surface area contributed by atoms with Crippen LogP contribution in [0.5, 0.6) is 0 Å². The molecule has 0 saturated carbocycles. The standard InChI is InChI=1S/C15H18ClN3O2/c16-12-8-11(18-15(21)10-5-6-17-9-10)3-4-13(12)19-7-1-2-14(19)20/h3-4,8,10,17H,1-2,5-7,9H2,(H,18,21). The van der Waals surface area contributed by atoms with Gasteiger partial charge in [-0.1, -0.05) is 11.6 Å². The molecule has 2 aliphatic heterocycles. The minimum Gasteiger partial charge on any atom is -0.326 e. The maximum atomic E-state index is 12.1. The van der Waals surface area contributed by atoms with Crippen LogP contribution in [-0.4, -0.2) is 31.4 Å². The molecule has 1 aromatic carbocycles. The van der Waals surface area contributed by atoms with E-state index in [0.29, 0.717) is 23.7 Å². The number of hydrogen-bond donors (Lipinski definition) is 2. The van der Waals surface area contributed by atoms with Crippen molar-refractivity contribution < 1.29 is 9.59 Å². The van der Waals surface area contributed by atoms with Crippen LogP contribution in [0, 0.1) is 5.92 Å². The fraction of sp³-hybridized carbons (Fsp3) is 0.467. The van der Waals surface area contributed by atoms with Crippen LogP contribution in [0.25, 0.3) is 0 Å². The molecule has 0 aliphatic carbocycles. The normalized spacial score (nSPS) is 21.9. The summed E-state index contributed by atoms with van der Waals surface area (Å²) in [6.07, 6.45) is 2.30. The van der Waals surface area contributed by atoms with Crippen molar-refractivity contribution in [2.45, 2.75) is 19.3 Å². The Kier molecular flexibility index (Phi) is 4.12. The number of carbonyl (C=O) groups is 2. The van der Waals surface area contributed by atoms with Crippen LogP contribution >= 0.6 is 11.6 Å². The van der Waals surface area contributed by atoms with Gasteiger partial charge in [0.05, 0.1) is 16.6 Å². The Hall–Kier alpha value is -1.59. The third-order valence-electron chi connectivity index (χ3n) is 4.01. The molecule has 1 atom stereocenters. The van der Waals surface area contributed by atoms with Crippen LogP contribution in [0.3, 0.4) is 0 Å². The zero-order valence-electron chi connectivity index (χ0n) is 11.7. The fourth-order valence-electron chi connectivity index (χ4n) is 2.83. The molecule has 112 valence electrons. The van der Waals surface area contributed by atoms with Crippen molar-refractivity contribution >= 4 is 34.8 Å². The molecule has 5 nitrogen and oxygen atoms in total. The van der Waals surface area contributed by atoms with Gasteiger partial charge in [0, 0.05) is 25.2 Å². The number of nitrogens with one attached hydrogen (secondary N) is 2. The average molecular weight is 308 g/mol. The summed E-state index contributed by atoms with van der Waals surface area (Å²) in [6, 6.07) is 5.31. The molecule has 0 spiro atoms. The maximum absolute atomic E-state index is 12.1. The van der Waals surface area contributed by atoms with Crippen molar-refractivity contribution in [3.63, 3.8) is 0 Å². The molecular formula is C15H18ClN3O2. The van der Waals surface area contributed by atoms with Crippen LogP contribution in [-0.2, 0) is 9.59 Å². The Bertz CT molecular complexity index is 570. The van der Waals surface area contributed by atoms with E-state index in [1.807, 2.05) is 0 Å². The van der Waals surface area contributed by atoms with Crippen molar-refractivity contribution in [1.29, 1.82) is 0 Å². The molecule has 2 fully saturated rings. The maximum Gasteiger partial charge on any atom is 0.228 e. The van der Waals surface area contributed by atoms with Crippen LogP contribution in [0.1, 0.15) is 19.3 Å². The lowest BCUT2D eigenvalue weighted by Gasteiger charge is -2.18. The Morgan fingerprint density at radius 2 is 2.29 bits per heavy atom. The largest absolute Gasteiger partial charge is 0.326 e. The molecule has 2 N–H and O–H groups in total. The number of benzene rings is 1. The van der Waals surface area contributed by atoms with Crippen molar-refractivity contribution in [2.75, 3.05) is 29.9 Å². The molecule has 6 heteroatoms. The second-order valence-corrected chi connectivity index (χ2v) is 5.90. The lowest BCUT2D eigenvalue weighted by molar-refractivity contribution is -0.119. The zero-order chi connectivity index (χ0) is 14.8. The van der Waals surface area contributed by atoms with E-state index < -0.39 is 0 Å². The van der Waals surface area contributed by atoms with Gasteiger partial charge in [-0.15, -0.1) is 0 Å². The summed E-state index contributed by atoms with van der Waals surface area (Å²) in [5.74, 6) is 0.135. The number of halogens is 1. The monoisotopic (exact) mass is 307 g/mol. The molecular weight excluding hydrogens is 290 g/mol. The molecule has 2 amide bonds. The first kappa shape index (κ1) is 14.4. The molecule has 2 heterocycles. The molecule has 3 rings (SSSR count). The first-order chi connectivity index (χ1) is 10.1. The van der Waals surface area contributed by atoms with E-state index in [9.17, 15) is 9.59 Å². The van der Waals surface area contributed by atoms with Gasteiger partial charge in [0.1, 0.15) is 0 Å². The summed E-state index contributed by atoms with van der Waals surface area (Å²) < 4.78 is 0. The topological polar surface area (TPSA) is 61.4 Å². The third kappa shape index (κ3) is 3.04. The van der Waals surface area contributed by atoms with Crippen molar-refractivity contribution in [1.82, 2.24) is 5.32 Å². The number of carbonyl (C=O) groups excluding carboxylic acids is 2. The van der Waals surface area contributed by atoms with Gasteiger partial charge < -0.3 is 15.5 Å². The van der Waals surface area contributed by atoms with E-state index in [2.05, 4.69) is 10.6 Å². The number of nitrogens with zero attached hydrogens (tertiary/aromatic N) is 1. The Labute approximate surface area is 128 Å². The van der Waals surface area contributed by atoms with E-state index in [1.165, 1.54) is 0 Å². The molecule has 0 bridgehead atoms. The number of anilines is 2. The van der Waals surface area contributed by atoms with Gasteiger partial charge in [-0.05, 0) is 37.6 Å². The molecule has 1 aromatic rings. The lowest BCUT2D eigenvalue weighted by atomic mass is 10.1. The Balaban J connectivity index is 1.71. The van der Waals surface area contributed by atoms with Gasteiger partial charge in [0.2, 0.25) is 11.8 Å². The van der Waals surface area contributed by atoms with Crippen LogP contribution < -0.4 is 15.5 Å². The molecule has 0 aromatic heterocycles. The van der Waals surface area contributed by atoms with E-state index in [4.69, 9.17) is 11.6 Å². The number of rotatable bonds is 3. The van der Waals surface area contributed by atoms with Gasteiger partial charge in [-0.25, -0.2) is 0 Å². The quantitative estimate of drug-likeness (QED) is 0.898. The first-order valence-corrected chi connectivity index (χ1v) is 7.64. The van der Waals surface area contributed by atoms with E-state index in [0.717, 1.165) is 31.6 Å². The molecule has 21 heavy (non-hydrogen) atoms. The van der Waals surface area contributed by atoms with Crippen molar-refractivity contribution in [2.24, 2.45) is 5.92 Å². The van der Waals surface area contributed by atoms with Gasteiger partial charge in [-0.3, -0.25) is 9.59 Å². The smallest absolute Gasteiger partial charge is 0.228 e. The number of hydrogen-bond acceptors (Lipinski definition) is 3. The molecule has 0 radical (unpaired) electrons. The van der Waals surface area contributed by atoms with Crippen LogP contribution in [0.4, 0.5) is 11.4 Å². The van der Waals surface area contributed by atoms with Crippen LogP contribution in [0.2, 0.25) is 5.02 Å². The summed E-state index contributed by atoms with van der Waals surface area (Å²) in [6.45, 7) is 2.31. The zero-order valence-corrected chi connectivity index (χ0v) is 12.4. The first-order valence-electron chi connectivity index (χ1n) is 7.26. The van der Waals surface area contributed by atoms with Gasteiger partial charge >= 0.3 is 0 Å². The molecule has 1 unspecified atom stereocenters. The predicted octanol–water partition coefficient (Wildman–Crippen LogP) is 2.01. The van der Waals surface area contributed by atoms with E-state index in [1.54, 1.807) is 23.1 Å². The lowest BCUT2D eigenvalue weighted by Crippen LogP contribution is -2.25. The van der Waals surface area contributed by atoms with E-state index >= 15 is 0 Å². The second-order valence-electron chi connectivity index (χ2n) is 5.49. The summed E-state index contributed by atoms with van der Waals surface area (Å²) >= 11 is 6.26. The summed E-state index contributed by atoms with van der Waals surface area (Å²) in [5.41, 5.74) is 1.40. The fourth-order valence-corrected chi connectivity index (χ4v) is 3.11. The molecule has 2 saturated heterocycles. The summed E-state index contributed by atoms with van der Waals surface area (Å²) in [4.78, 5) is 25.5.